The zero-order valence-corrected chi connectivity index (χ0v) is 19.1. The summed E-state index contributed by atoms with van der Waals surface area (Å²) in [4.78, 5) is 0. The van der Waals surface area contributed by atoms with Gasteiger partial charge in [0.15, 0.2) is 65.0 Å². The summed E-state index contributed by atoms with van der Waals surface area (Å²) in [7, 11) is 0.788. The fraction of sp³-hybridized carbons (Fsp3) is 0.0870. The summed E-state index contributed by atoms with van der Waals surface area (Å²) in [6.07, 6.45) is -4.40. The molecule has 3 aromatic rings. The monoisotopic (exact) mass is 593 g/mol. The molecule has 4 rings (SSSR count). The second-order valence-electron chi connectivity index (χ2n) is 8.52. The summed E-state index contributed by atoms with van der Waals surface area (Å²) in [6.45, 7) is -0.570. The van der Waals surface area contributed by atoms with Crippen LogP contribution in [-0.2, 0) is 0 Å². The molecule has 0 spiro atoms. The molecule has 0 fully saturated rings. The summed E-state index contributed by atoms with van der Waals surface area (Å²) < 4.78 is 221. The summed E-state index contributed by atoms with van der Waals surface area (Å²) in [5.74, 6) is -45.3. The number of benzene rings is 3. The number of hydrogen-bond donors (Lipinski definition) is 0. The smallest absolute Gasteiger partial charge is 0.200 e. The van der Waals surface area contributed by atoms with Crippen molar-refractivity contribution in [1.29, 1.82) is 0 Å². The lowest BCUT2D eigenvalue weighted by Gasteiger charge is -2.41. The van der Waals surface area contributed by atoms with Crippen molar-refractivity contribution in [2.24, 2.45) is 0 Å². The van der Waals surface area contributed by atoms with Gasteiger partial charge in [0.05, 0.1) is 0 Å². The van der Waals surface area contributed by atoms with Crippen molar-refractivity contribution in [3.05, 3.63) is 99.4 Å². The summed E-state index contributed by atoms with van der Waals surface area (Å²) in [5, 5.41) is 0. The SMILES string of the molecule is C[N+]1=C([B-](c2c(F)c(F)c(F)c(F)c2F)(c2c(F)c(F)c(F)c(F)c2F)c2c(F)c(F)c(F)c(F)c2F)C=CC1. The maximum Gasteiger partial charge on any atom is 0.200 e. The van der Waals surface area contributed by atoms with E-state index in [2.05, 4.69) is 0 Å². The molecule has 1 nitrogen and oxygen atoms in total. The molecule has 0 aliphatic carbocycles. The van der Waals surface area contributed by atoms with Crippen molar-refractivity contribution in [2.45, 2.75) is 0 Å². The standard InChI is InChI=1S/C23H7BF15N/c1-40-4-2-3-5(40)24(6-9(25)15(31)21(37)16(32)10(6)26,7-11(27)17(33)22(38)18(34)12(7)28)8-13(29)19(35)23(39)20(36)14(8)30/h2-3H,4H2,1H3. The molecule has 1 heterocycles. The van der Waals surface area contributed by atoms with Gasteiger partial charge in [-0.3, -0.25) is 4.58 Å². The fourth-order valence-electron chi connectivity index (χ4n) is 4.92. The second-order valence-corrected chi connectivity index (χ2v) is 8.52. The Kier molecular flexibility index (Phi) is 6.99. The number of hydrogen-bond acceptors (Lipinski definition) is 0. The molecule has 0 saturated carbocycles. The van der Waals surface area contributed by atoms with Crippen LogP contribution in [0.5, 0.6) is 0 Å². The van der Waals surface area contributed by atoms with Crippen LogP contribution in [-0.4, -0.2) is 29.9 Å². The van der Waals surface area contributed by atoms with Gasteiger partial charge in [0.2, 0.25) is 0 Å². The molecule has 0 N–H and O–H groups in total. The quantitative estimate of drug-likeness (QED) is 0.139. The van der Waals surface area contributed by atoms with Gasteiger partial charge in [0, 0.05) is 5.61 Å². The van der Waals surface area contributed by atoms with Crippen LogP contribution >= 0.6 is 0 Å². The van der Waals surface area contributed by atoms with Crippen molar-refractivity contribution < 1.29 is 70.4 Å². The van der Waals surface area contributed by atoms with E-state index in [4.69, 9.17) is 0 Å². The molecular formula is C23H7BF15N. The molecule has 0 aromatic heterocycles. The number of allylic oxidation sites excluding steroid dienone is 1. The predicted molar refractivity (Wildman–Crippen MR) is 109 cm³/mol. The Morgan fingerprint density at radius 3 is 0.850 bits per heavy atom. The first-order chi connectivity index (χ1) is 18.5. The fourth-order valence-corrected chi connectivity index (χ4v) is 4.92. The van der Waals surface area contributed by atoms with E-state index in [-0.39, 0.29) is 0 Å². The lowest BCUT2D eigenvalue weighted by atomic mass is 9.12. The Morgan fingerprint density at radius 1 is 0.425 bits per heavy atom. The zero-order chi connectivity index (χ0) is 30.2. The van der Waals surface area contributed by atoms with Crippen LogP contribution in [0.25, 0.3) is 0 Å². The van der Waals surface area contributed by atoms with E-state index >= 15 is 26.3 Å². The van der Waals surface area contributed by atoms with E-state index in [9.17, 15) is 39.5 Å². The molecule has 212 valence electrons. The van der Waals surface area contributed by atoms with Gasteiger partial charge in [-0.25, -0.2) is 65.9 Å². The van der Waals surface area contributed by atoms with E-state index in [0.29, 0.717) is 10.7 Å². The Hall–Kier alpha value is -3.92. The topological polar surface area (TPSA) is 3.01 Å². The number of nitrogens with zero attached hydrogens (tertiary/aromatic N) is 1. The van der Waals surface area contributed by atoms with E-state index in [1.165, 1.54) is 0 Å². The number of likely N-dealkylation sites (N-methyl/N-ethyl adjacent to an activating group) is 1. The first kappa shape index (κ1) is 29.1. The molecule has 0 radical (unpaired) electrons. The third-order valence-electron chi connectivity index (χ3n) is 6.58. The molecule has 0 unspecified atom stereocenters. The first-order valence-electron chi connectivity index (χ1n) is 10.5. The highest BCUT2D eigenvalue weighted by Crippen LogP contribution is 2.29. The molecule has 0 bridgehead atoms. The Bertz CT molecular complexity index is 1440. The maximum atomic E-state index is 15.4. The van der Waals surface area contributed by atoms with Gasteiger partial charge < -0.3 is 0 Å². The van der Waals surface area contributed by atoms with Gasteiger partial charge in [0.1, 0.15) is 42.0 Å². The van der Waals surface area contributed by atoms with E-state index in [0.717, 1.165) is 13.1 Å². The van der Waals surface area contributed by atoms with Crippen molar-refractivity contribution in [3.63, 3.8) is 0 Å². The molecule has 40 heavy (non-hydrogen) atoms. The van der Waals surface area contributed by atoms with Gasteiger partial charge in [-0.1, -0.05) is 0 Å². The summed E-state index contributed by atoms with van der Waals surface area (Å²) >= 11 is 0. The number of halogens is 15. The normalized spacial score (nSPS) is 13.7. The average molecular weight is 593 g/mol. The van der Waals surface area contributed by atoms with Gasteiger partial charge in [-0.15, -0.1) is 16.4 Å². The largest absolute Gasteiger partial charge is 0.267 e. The second kappa shape index (κ2) is 9.62. The lowest BCUT2D eigenvalue weighted by Crippen LogP contribution is -2.78. The minimum Gasteiger partial charge on any atom is -0.267 e. The van der Waals surface area contributed by atoms with Crippen molar-refractivity contribution in [2.75, 3.05) is 13.6 Å². The van der Waals surface area contributed by atoms with Crippen molar-refractivity contribution >= 4 is 28.1 Å². The van der Waals surface area contributed by atoms with Crippen molar-refractivity contribution in [3.8, 4) is 0 Å². The third kappa shape index (κ3) is 3.58. The predicted octanol–water partition coefficient (Wildman–Crippen LogP) is 4.44. The van der Waals surface area contributed by atoms with E-state index in [1.807, 2.05) is 0 Å². The Balaban J connectivity index is 2.55. The van der Waals surface area contributed by atoms with Crippen LogP contribution in [0.4, 0.5) is 65.9 Å². The molecule has 0 amide bonds. The molecular weight excluding hydrogens is 586 g/mol. The highest BCUT2D eigenvalue weighted by atomic mass is 19.2. The Morgan fingerprint density at radius 2 is 0.650 bits per heavy atom. The van der Waals surface area contributed by atoms with Gasteiger partial charge >= 0.3 is 0 Å². The molecule has 0 atom stereocenters. The minimum absolute atomic E-state index is 0.453. The molecule has 3 aromatic carbocycles. The van der Waals surface area contributed by atoms with Crippen LogP contribution in [0.15, 0.2) is 12.2 Å². The summed E-state index contributed by atoms with van der Waals surface area (Å²) in [6, 6.07) is 0. The minimum atomic E-state index is -5.71. The Labute approximate surface area is 212 Å². The van der Waals surface area contributed by atoms with E-state index in [1.54, 1.807) is 0 Å². The average Bonchev–Trinajstić information content (AvgIpc) is 3.36. The zero-order valence-electron chi connectivity index (χ0n) is 19.1. The van der Waals surface area contributed by atoms with Crippen LogP contribution in [0.2, 0.25) is 0 Å². The van der Waals surface area contributed by atoms with Crippen LogP contribution in [0.1, 0.15) is 0 Å². The molecule has 1 aliphatic heterocycles. The first-order valence-corrected chi connectivity index (χ1v) is 10.5. The van der Waals surface area contributed by atoms with Crippen molar-refractivity contribution in [1.82, 2.24) is 0 Å². The van der Waals surface area contributed by atoms with E-state index < -0.39 is 122 Å². The van der Waals surface area contributed by atoms with Gasteiger partial charge in [-0.2, -0.15) is 0 Å². The number of rotatable bonds is 4. The highest BCUT2D eigenvalue weighted by molar-refractivity contribution is 7.31. The van der Waals surface area contributed by atoms with Gasteiger partial charge in [0.25, 0.3) is 0 Å². The molecule has 1 aliphatic rings. The highest BCUT2D eigenvalue weighted by Gasteiger charge is 2.53. The summed E-state index contributed by atoms with van der Waals surface area (Å²) in [5.41, 5.74) is -9.32. The van der Waals surface area contributed by atoms with Crippen LogP contribution in [0.3, 0.4) is 0 Å². The molecule has 17 heteroatoms. The maximum absolute atomic E-state index is 15.4. The molecule has 0 saturated heterocycles. The third-order valence-corrected chi connectivity index (χ3v) is 6.58. The van der Waals surface area contributed by atoms with Crippen LogP contribution < -0.4 is 16.4 Å². The lowest BCUT2D eigenvalue weighted by molar-refractivity contribution is -0.480. The van der Waals surface area contributed by atoms with Gasteiger partial charge in [-0.05, 0) is 12.2 Å². The van der Waals surface area contributed by atoms with Crippen LogP contribution in [0, 0.1) is 87.3 Å².